The summed E-state index contributed by atoms with van der Waals surface area (Å²) in [5.41, 5.74) is 6.50. The number of aromatic nitrogens is 2. The van der Waals surface area contributed by atoms with Gasteiger partial charge in [0.25, 0.3) is 11.5 Å². The minimum Gasteiger partial charge on any atom is -0.489 e. The molecule has 0 aliphatic carbocycles. The first-order valence-corrected chi connectivity index (χ1v) is 13.4. The number of para-hydroxylation sites is 2. The van der Waals surface area contributed by atoms with Gasteiger partial charge in [-0.2, -0.15) is 5.10 Å². The SMILES string of the molecule is Cc1ccccc1-n1c(SCC(=O)N/N=C\c2cccc(OCc3ccccc3)c2)nc2ccccc2c1=O. The molecule has 0 spiro atoms. The topological polar surface area (TPSA) is 85.6 Å². The van der Waals surface area contributed by atoms with Crippen LogP contribution in [0.3, 0.4) is 0 Å². The number of amides is 1. The van der Waals surface area contributed by atoms with Crippen molar-refractivity contribution in [3.63, 3.8) is 0 Å². The van der Waals surface area contributed by atoms with Crippen LogP contribution in [0.15, 0.2) is 118 Å². The van der Waals surface area contributed by atoms with Crippen LogP contribution in [-0.2, 0) is 11.4 Å². The van der Waals surface area contributed by atoms with E-state index in [0.29, 0.717) is 28.4 Å². The third-order valence-corrected chi connectivity index (χ3v) is 6.88. The van der Waals surface area contributed by atoms with Gasteiger partial charge in [-0.3, -0.25) is 14.2 Å². The van der Waals surface area contributed by atoms with Gasteiger partial charge in [0, 0.05) is 0 Å². The Morgan fingerprint density at radius 1 is 0.974 bits per heavy atom. The molecule has 1 aromatic heterocycles. The van der Waals surface area contributed by atoms with E-state index in [1.165, 1.54) is 11.8 Å². The summed E-state index contributed by atoms with van der Waals surface area (Å²) in [6, 6.07) is 32.2. The van der Waals surface area contributed by atoms with Crippen LogP contribution in [-0.4, -0.2) is 27.4 Å². The Bertz CT molecular complexity index is 1700. The number of hydrogen-bond donors (Lipinski definition) is 1. The lowest BCUT2D eigenvalue weighted by atomic mass is 10.2. The minimum absolute atomic E-state index is 0.0359. The molecule has 0 radical (unpaired) electrons. The second-order valence-corrected chi connectivity index (χ2v) is 9.71. The van der Waals surface area contributed by atoms with E-state index in [9.17, 15) is 9.59 Å². The molecule has 5 aromatic rings. The smallest absolute Gasteiger partial charge is 0.266 e. The molecule has 4 aromatic carbocycles. The van der Waals surface area contributed by atoms with Crippen LogP contribution in [0.4, 0.5) is 0 Å². The highest BCUT2D eigenvalue weighted by Gasteiger charge is 2.15. The Morgan fingerprint density at radius 2 is 1.74 bits per heavy atom. The molecule has 39 heavy (non-hydrogen) atoms. The lowest BCUT2D eigenvalue weighted by Gasteiger charge is -2.14. The number of carbonyl (C=O) groups is 1. The van der Waals surface area contributed by atoms with Gasteiger partial charge >= 0.3 is 0 Å². The summed E-state index contributed by atoms with van der Waals surface area (Å²) in [6.45, 7) is 2.40. The van der Waals surface area contributed by atoms with Gasteiger partial charge in [0.15, 0.2) is 5.16 Å². The number of thioether (sulfide) groups is 1. The van der Waals surface area contributed by atoms with E-state index in [-0.39, 0.29) is 17.2 Å². The van der Waals surface area contributed by atoms with Crippen LogP contribution >= 0.6 is 11.8 Å². The molecule has 0 aliphatic heterocycles. The molecule has 0 unspecified atom stereocenters. The number of hydrazone groups is 1. The van der Waals surface area contributed by atoms with Crippen LogP contribution in [0.1, 0.15) is 16.7 Å². The number of nitrogens with zero attached hydrogens (tertiary/aromatic N) is 3. The second kappa shape index (κ2) is 12.2. The third-order valence-electron chi connectivity index (χ3n) is 5.94. The maximum Gasteiger partial charge on any atom is 0.266 e. The fraction of sp³-hybridized carbons (Fsp3) is 0.0968. The van der Waals surface area contributed by atoms with Gasteiger partial charge in [-0.15, -0.1) is 0 Å². The van der Waals surface area contributed by atoms with E-state index >= 15 is 0 Å². The first-order chi connectivity index (χ1) is 19.1. The molecule has 1 N–H and O–H groups in total. The predicted molar refractivity (Wildman–Crippen MR) is 156 cm³/mol. The summed E-state index contributed by atoms with van der Waals surface area (Å²) in [5, 5.41) is 5.06. The van der Waals surface area contributed by atoms with E-state index in [4.69, 9.17) is 9.72 Å². The lowest BCUT2D eigenvalue weighted by Crippen LogP contribution is -2.24. The Balaban J connectivity index is 1.26. The van der Waals surface area contributed by atoms with Crippen molar-refractivity contribution in [1.82, 2.24) is 15.0 Å². The number of carbonyl (C=O) groups excluding carboxylic acids is 1. The van der Waals surface area contributed by atoms with Gasteiger partial charge in [0.2, 0.25) is 0 Å². The fourth-order valence-corrected chi connectivity index (χ4v) is 4.80. The first kappa shape index (κ1) is 25.9. The van der Waals surface area contributed by atoms with Crippen molar-refractivity contribution in [2.45, 2.75) is 18.7 Å². The van der Waals surface area contributed by atoms with Gasteiger partial charge in [-0.25, -0.2) is 10.4 Å². The van der Waals surface area contributed by atoms with Crippen molar-refractivity contribution in [2.75, 3.05) is 5.75 Å². The van der Waals surface area contributed by atoms with Crippen molar-refractivity contribution >= 4 is 34.8 Å². The molecule has 7 nitrogen and oxygen atoms in total. The highest BCUT2D eigenvalue weighted by Crippen LogP contribution is 2.23. The van der Waals surface area contributed by atoms with E-state index in [0.717, 1.165) is 22.4 Å². The molecule has 8 heteroatoms. The van der Waals surface area contributed by atoms with E-state index in [1.54, 1.807) is 22.9 Å². The van der Waals surface area contributed by atoms with Crippen molar-refractivity contribution < 1.29 is 9.53 Å². The molecule has 1 amide bonds. The molecule has 1 heterocycles. The summed E-state index contributed by atoms with van der Waals surface area (Å²) in [7, 11) is 0. The average molecular weight is 535 g/mol. The lowest BCUT2D eigenvalue weighted by molar-refractivity contribution is -0.118. The quantitative estimate of drug-likeness (QED) is 0.117. The Labute approximate surface area is 230 Å². The predicted octanol–water partition coefficient (Wildman–Crippen LogP) is 5.52. The van der Waals surface area contributed by atoms with Gasteiger partial charge < -0.3 is 4.74 Å². The van der Waals surface area contributed by atoms with Gasteiger partial charge in [-0.05, 0) is 53.9 Å². The zero-order valence-electron chi connectivity index (χ0n) is 21.3. The third kappa shape index (κ3) is 6.42. The standard InChI is InChI=1S/C31H26N4O3S/c1-22-10-5-8-17-28(22)35-30(37)26-15-6-7-16-27(26)33-31(35)39-21-29(36)34-32-19-24-13-9-14-25(18-24)38-20-23-11-3-2-4-12-23/h2-19H,20-21H2,1H3,(H,34,36)/b32-19-. The molecule has 194 valence electrons. The van der Waals surface area contributed by atoms with Crippen LogP contribution in [0.2, 0.25) is 0 Å². The molecule has 0 fully saturated rings. The van der Waals surface area contributed by atoms with Crippen LogP contribution < -0.4 is 15.7 Å². The van der Waals surface area contributed by atoms with Crippen molar-refractivity contribution in [1.29, 1.82) is 0 Å². The number of aryl methyl sites for hydroxylation is 1. The Hall–Kier alpha value is -4.69. The van der Waals surface area contributed by atoms with E-state index < -0.39 is 0 Å². The van der Waals surface area contributed by atoms with Gasteiger partial charge in [0.1, 0.15) is 12.4 Å². The molecule has 0 saturated carbocycles. The number of hydrogen-bond acceptors (Lipinski definition) is 6. The van der Waals surface area contributed by atoms with Gasteiger partial charge in [0.05, 0.1) is 28.6 Å². The first-order valence-electron chi connectivity index (χ1n) is 12.4. The maximum atomic E-state index is 13.4. The summed E-state index contributed by atoms with van der Waals surface area (Å²) in [4.78, 5) is 30.7. The zero-order valence-corrected chi connectivity index (χ0v) is 22.1. The number of ether oxygens (including phenoxy) is 1. The van der Waals surface area contributed by atoms with Crippen molar-refractivity contribution in [3.8, 4) is 11.4 Å². The zero-order chi connectivity index (χ0) is 27.0. The molecular weight excluding hydrogens is 508 g/mol. The summed E-state index contributed by atoms with van der Waals surface area (Å²) in [6.07, 6.45) is 1.56. The number of nitrogens with one attached hydrogen (secondary N) is 1. The molecular formula is C31H26N4O3S. The molecule has 5 rings (SSSR count). The average Bonchev–Trinajstić information content (AvgIpc) is 2.96. The van der Waals surface area contributed by atoms with Crippen molar-refractivity contribution in [2.24, 2.45) is 5.10 Å². The highest BCUT2D eigenvalue weighted by molar-refractivity contribution is 7.99. The largest absolute Gasteiger partial charge is 0.489 e. The fourth-order valence-electron chi connectivity index (χ4n) is 4.00. The van der Waals surface area contributed by atoms with E-state index in [1.807, 2.05) is 97.9 Å². The molecule has 0 saturated heterocycles. The Kier molecular flexibility index (Phi) is 8.14. The second-order valence-electron chi connectivity index (χ2n) is 8.77. The normalized spacial score (nSPS) is 11.1. The number of benzene rings is 4. The Morgan fingerprint density at radius 3 is 2.59 bits per heavy atom. The maximum absolute atomic E-state index is 13.4. The molecule has 0 bridgehead atoms. The van der Waals surface area contributed by atoms with E-state index in [2.05, 4.69) is 10.5 Å². The highest BCUT2D eigenvalue weighted by atomic mass is 32.2. The van der Waals surface area contributed by atoms with Crippen LogP contribution in [0, 0.1) is 6.92 Å². The molecule has 0 aliphatic rings. The monoisotopic (exact) mass is 534 g/mol. The van der Waals surface area contributed by atoms with Crippen molar-refractivity contribution in [3.05, 3.63) is 130 Å². The summed E-state index contributed by atoms with van der Waals surface area (Å²) in [5.74, 6) is 0.432. The van der Waals surface area contributed by atoms with Crippen LogP contribution in [0.25, 0.3) is 16.6 Å². The minimum atomic E-state index is -0.313. The number of fused-ring (bicyclic) bond motifs is 1. The van der Waals surface area contributed by atoms with Crippen LogP contribution in [0.5, 0.6) is 5.75 Å². The molecule has 0 atom stereocenters. The summed E-state index contributed by atoms with van der Waals surface area (Å²) >= 11 is 1.19. The number of rotatable bonds is 9. The summed E-state index contributed by atoms with van der Waals surface area (Å²) < 4.78 is 7.43. The van der Waals surface area contributed by atoms with Gasteiger partial charge in [-0.1, -0.05) is 84.6 Å².